The summed E-state index contributed by atoms with van der Waals surface area (Å²) in [5.41, 5.74) is 0.0564. The summed E-state index contributed by atoms with van der Waals surface area (Å²) >= 11 is 1.11. The molecule has 0 aliphatic carbocycles. The van der Waals surface area contributed by atoms with Crippen LogP contribution >= 0.6 is 11.5 Å². The van der Waals surface area contributed by atoms with Crippen LogP contribution in [-0.4, -0.2) is 27.2 Å². The molecule has 0 unspecified atom stereocenters. The van der Waals surface area contributed by atoms with Gasteiger partial charge in [-0.15, -0.1) is 5.10 Å². The fraction of sp³-hybridized carbons (Fsp3) is 0.500. The van der Waals surface area contributed by atoms with E-state index in [1.165, 1.54) is 0 Å². The molecule has 0 amide bonds. The Morgan fingerprint density at radius 3 is 3.08 bits per heavy atom. The number of aromatic nitrogens is 2. The molecule has 66 valence electrons. The van der Waals surface area contributed by atoms with Crippen LogP contribution in [0.5, 0.6) is 0 Å². The van der Waals surface area contributed by atoms with Crippen molar-refractivity contribution in [2.45, 2.75) is 13.5 Å². The van der Waals surface area contributed by atoms with E-state index < -0.39 is 5.97 Å². The fourth-order valence-electron chi connectivity index (χ4n) is 0.726. The number of nitrogens with zero attached hydrogens (tertiary/aromatic N) is 2. The van der Waals surface area contributed by atoms with Crippen molar-refractivity contribution < 1.29 is 9.90 Å². The van der Waals surface area contributed by atoms with Crippen LogP contribution < -0.4 is 5.32 Å². The SMILES string of the molecule is CCNCc1snnc1C(=O)O. The third kappa shape index (κ3) is 1.99. The number of hydrogen-bond acceptors (Lipinski definition) is 5. The third-order valence-corrected chi connectivity index (χ3v) is 2.02. The lowest BCUT2D eigenvalue weighted by Gasteiger charge is -1.96. The molecular weight excluding hydrogens is 178 g/mol. The van der Waals surface area contributed by atoms with Gasteiger partial charge in [0, 0.05) is 6.54 Å². The molecule has 0 fully saturated rings. The summed E-state index contributed by atoms with van der Waals surface area (Å²) in [4.78, 5) is 11.2. The second-order valence-electron chi connectivity index (χ2n) is 2.13. The highest BCUT2D eigenvalue weighted by atomic mass is 32.1. The smallest absolute Gasteiger partial charge is 0.357 e. The normalized spacial score (nSPS) is 10.1. The zero-order valence-electron chi connectivity index (χ0n) is 6.57. The van der Waals surface area contributed by atoms with E-state index in [0.717, 1.165) is 18.1 Å². The Bertz CT molecular complexity index is 274. The summed E-state index contributed by atoms with van der Waals surface area (Å²) in [6.07, 6.45) is 0. The first-order chi connectivity index (χ1) is 5.75. The first-order valence-corrected chi connectivity index (χ1v) is 4.28. The molecule has 2 N–H and O–H groups in total. The number of rotatable bonds is 4. The predicted octanol–water partition coefficient (Wildman–Crippen LogP) is 0.346. The zero-order valence-corrected chi connectivity index (χ0v) is 7.39. The minimum Gasteiger partial charge on any atom is -0.476 e. The van der Waals surface area contributed by atoms with Crippen molar-refractivity contribution >= 4 is 17.5 Å². The summed E-state index contributed by atoms with van der Waals surface area (Å²) in [6.45, 7) is 3.28. The van der Waals surface area contributed by atoms with Crippen LogP contribution in [0, 0.1) is 0 Å². The Labute approximate surface area is 73.6 Å². The topological polar surface area (TPSA) is 75.1 Å². The Kier molecular flexibility index (Phi) is 3.12. The van der Waals surface area contributed by atoms with Crippen LogP contribution in [0.25, 0.3) is 0 Å². The molecule has 6 heteroatoms. The predicted molar refractivity (Wildman–Crippen MR) is 44.2 cm³/mol. The lowest BCUT2D eigenvalue weighted by atomic mass is 10.3. The van der Waals surface area contributed by atoms with Crippen molar-refractivity contribution in [3.63, 3.8) is 0 Å². The van der Waals surface area contributed by atoms with Gasteiger partial charge in [0.1, 0.15) is 0 Å². The van der Waals surface area contributed by atoms with Gasteiger partial charge in [-0.25, -0.2) is 4.79 Å². The van der Waals surface area contributed by atoms with E-state index in [4.69, 9.17) is 5.11 Å². The highest BCUT2D eigenvalue weighted by molar-refractivity contribution is 7.05. The van der Waals surface area contributed by atoms with E-state index >= 15 is 0 Å². The monoisotopic (exact) mass is 187 g/mol. The molecule has 0 spiro atoms. The highest BCUT2D eigenvalue weighted by Crippen LogP contribution is 2.09. The maximum atomic E-state index is 10.5. The van der Waals surface area contributed by atoms with Crippen molar-refractivity contribution in [2.24, 2.45) is 0 Å². The molecule has 0 aromatic carbocycles. The minimum absolute atomic E-state index is 0.0564. The van der Waals surface area contributed by atoms with E-state index in [2.05, 4.69) is 14.9 Å². The van der Waals surface area contributed by atoms with Crippen LogP contribution in [0.15, 0.2) is 0 Å². The minimum atomic E-state index is -1.02. The molecule has 0 radical (unpaired) electrons. The quantitative estimate of drug-likeness (QED) is 0.711. The van der Waals surface area contributed by atoms with Crippen molar-refractivity contribution in [3.05, 3.63) is 10.6 Å². The average molecular weight is 187 g/mol. The molecule has 1 rings (SSSR count). The van der Waals surface area contributed by atoms with Gasteiger partial charge >= 0.3 is 5.97 Å². The van der Waals surface area contributed by atoms with Crippen molar-refractivity contribution in [1.82, 2.24) is 14.9 Å². The molecular formula is C6H9N3O2S. The molecule has 0 saturated carbocycles. The van der Waals surface area contributed by atoms with Gasteiger partial charge in [0.25, 0.3) is 0 Å². The largest absolute Gasteiger partial charge is 0.476 e. The molecule has 0 saturated heterocycles. The number of carboxylic acid groups (broad SMARTS) is 1. The van der Waals surface area contributed by atoms with E-state index in [9.17, 15) is 4.79 Å². The van der Waals surface area contributed by atoms with Crippen LogP contribution in [0.1, 0.15) is 22.3 Å². The lowest BCUT2D eigenvalue weighted by molar-refractivity contribution is 0.0689. The Balaban J connectivity index is 2.70. The van der Waals surface area contributed by atoms with E-state index in [1.54, 1.807) is 0 Å². The van der Waals surface area contributed by atoms with Crippen molar-refractivity contribution in [1.29, 1.82) is 0 Å². The number of nitrogens with one attached hydrogen (secondary N) is 1. The molecule has 0 aliphatic rings. The van der Waals surface area contributed by atoms with Gasteiger partial charge in [0.15, 0.2) is 5.69 Å². The Morgan fingerprint density at radius 1 is 1.75 bits per heavy atom. The molecule has 1 aromatic heterocycles. The Hall–Kier alpha value is -1.01. The number of aromatic carboxylic acids is 1. The summed E-state index contributed by atoms with van der Waals surface area (Å²) in [6, 6.07) is 0. The van der Waals surface area contributed by atoms with E-state index in [1.807, 2.05) is 6.92 Å². The molecule has 12 heavy (non-hydrogen) atoms. The summed E-state index contributed by atoms with van der Waals surface area (Å²) < 4.78 is 3.57. The van der Waals surface area contributed by atoms with Crippen LogP contribution in [0.4, 0.5) is 0 Å². The first kappa shape index (κ1) is 9.08. The van der Waals surface area contributed by atoms with Gasteiger partial charge in [-0.1, -0.05) is 11.4 Å². The van der Waals surface area contributed by atoms with Crippen LogP contribution in [-0.2, 0) is 6.54 Å². The first-order valence-electron chi connectivity index (χ1n) is 3.51. The maximum absolute atomic E-state index is 10.5. The summed E-state index contributed by atoms with van der Waals surface area (Å²) in [7, 11) is 0. The summed E-state index contributed by atoms with van der Waals surface area (Å²) in [5.74, 6) is -1.02. The van der Waals surface area contributed by atoms with Gasteiger partial charge in [0.2, 0.25) is 0 Å². The van der Waals surface area contributed by atoms with Crippen molar-refractivity contribution in [3.8, 4) is 0 Å². The van der Waals surface area contributed by atoms with E-state index in [-0.39, 0.29) is 5.69 Å². The maximum Gasteiger partial charge on any atom is 0.357 e. The molecule has 0 atom stereocenters. The zero-order chi connectivity index (χ0) is 8.97. The fourth-order valence-corrected chi connectivity index (χ4v) is 1.33. The van der Waals surface area contributed by atoms with Gasteiger partial charge in [-0.2, -0.15) is 0 Å². The average Bonchev–Trinajstić information content (AvgIpc) is 2.48. The van der Waals surface area contributed by atoms with Gasteiger partial charge in [-0.05, 0) is 18.1 Å². The number of carbonyl (C=O) groups is 1. The molecule has 5 nitrogen and oxygen atoms in total. The van der Waals surface area contributed by atoms with Gasteiger partial charge < -0.3 is 10.4 Å². The molecule has 0 bridgehead atoms. The molecule has 1 aromatic rings. The lowest BCUT2D eigenvalue weighted by Crippen LogP contribution is -2.13. The summed E-state index contributed by atoms with van der Waals surface area (Å²) in [5, 5.41) is 15.1. The standard InChI is InChI=1S/C6H9N3O2S/c1-2-7-3-4-5(6(10)11)8-9-12-4/h7H,2-3H2,1H3,(H,10,11). The third-order valence-electron chi connectivity index (χ3n) is 1.29. The second kappa shape index (κ2) is 4.13. The van der Waals surface area contributed by atoms with Crippen LogP contribution in [0.3, 0.4) is 0 Å². The highest BCUT2D eigenvalue weighted by Gasteiger charge is 2.13. The van der Waals surface area contributed by atoms with E-state index in [0.29, 0.717) is 11.4 Å². The number of carboxylic acids is 1. The van der Waals surface area contributed by atoms with Crippen molar-refractivity contribution in [2.75, 3.05) is 6.54 Å². The molecule has 1 heterocycles. The second-order valence-corrected chi connectivity index (χ2v) is 2.97. The van der Waals surface area contributed by atoms with Crippen LogP contribution in [0.2, 0.25) is 0 Å². The van der Waals surface area contributed by atoms with Gasteiger partial charge in [0.05, 0.1) is 4.88 Å². The van der Waals surface area contributed by atoms with Gasteiger partial charge in [-0.3, -0.25) is 0 Å². The Morgan fingerprint density at radius 2 is 2.50 bits per heavy atom. The molecule has 0 aliphatic heterocycles. The number of hydrogen-bond donors (Lipinski definition) is 2.